The van der Waals surface area contributed by atoms with Gasteiger partial charge < -0.3 is 20.6 Å². The number of anilines is 2. The lowest BCUT2D eigenvalue weighted by Gasteiger charge is -2.38. The van der Waals surface area contributed by atoms with Crippen molar-refractivity contribution in [3.8, 4) is 0 Å². The number of aromatic carboxylic acids is 1. The molecule has 2 aliphatic heterocycles. The predicted octanol–water partition coefficient (Wildman–Crippen LogP) is 11.7. The largest absolute Gasteiger partial charge is 0.478 e. The summed E-state index contributed by atoms with van der Waals surface area (Å²) < 4.78 is 0. The van der Waals surface area contributed by atoms with Crippen molar-refractivity contribution in [3.63, 3.8) is 0 Å². The molecule has 2 aliphatic rings. The Morgan fingerprint density at radius 3 is 1.33 bits per heavy atom. The van der Waals surface area contributed by atoms with E-state index in [1.165, 1.54) is 0 Å². The maximum Gasteiger partial charge on any atom is 0.335 e. The van der Waals surface area contributed by atoms with Gasteiger partial charge in [-0.25, -0.2) is 4.79 Å². The second kappa shape index (κ2) is 24.5. The molecule has 0 radical (unpaired) electrons. The monoisotopic (exact) mass is 1120 g/mol. The Hall–Kier alpha value is -6.80. The van der Waals surface area contributed by atoms with Crippen LogP contribution in [0.1, 0.15) is 157 Å². The molecule has 0 saturated heterocycles. The fourth-order valence-corrected chi connectivity index (χ4v) is 9.62. The lowest BCUT2D eigenvalue weighted by Crippen LogP contribution is -2.45. The van der Waals surface area contributed by atoms with Crippen molar-refractivity contribution in [2.24, 2.45) is 20.8 Å². The molecular weight excluding hydrogens is 1050 g/mol. The Labute approximate surface area is 462 Å². The second-order valence-electron chi connectivity index (χ2n) is 21.3. The minimum atomic E-state index is -0.983. The first-order valence-corrected chi connectivity index (χ1v) is 25.3. The number of hydrogen-bond acceptors (Lipinski definition) is 13. The van der Waals surface area contributed by atoms with Crippen LogP contribution >= 0.6 is 46.4 Å². The highest BCUT2D eigenvalue weighted by Crippen LogP contribution is 2.42. The zero-order valence-corrected chi connectivity index (χ0v) is 46.2. The SMILES string of the molecule is C.CC(C)(C)CC[C@H](c1ccc(C(=O)Nc2nn[nH]n2)cc1)N1C(=O)C(c2cc(Cl)cc(Cl)c2)=NC1(C)C.CC(C)(C)CC[C@H](c1ccc(C(=O)O)cc1)N1C(=O)C(c2cc(Cl)cc(Cl)c2)=NC1(C)C.Nc1nn[nH]n1. The van der Waals surface area contributed by atoms with E-state index in [1.54, 1.807) is 77.7 Å². The number of carbonyl (C=O) groups is 4. The predicted molar refractivity (Wildman–Crippen MR) is 298 cm³/mol. The van der Waals surface area contributed by atoms with Crippen molar-refractivity contribution in [1.29, 1.82) is 0 Å². The fraction of sp³-hybridized carbons (Fsp3) is 0.396. The summed E-state index contributed by atoms with van der Waals surface area (Å²) in [4.78, 5) is 64.6. The van der Waals surface area contributed by atoms with Crippen LogP contribution in [0.2, 0.25) is 20.1 Å². The highest BCUT2D eigenvalue weighted by Gasteiger charge is 2.46. The molecule has 0 aliphatic carbocycles. The molecule has 0 saturated carbocycles. The minimum absolute atomic E-state index is 0. The van der Waals surface area contributed by atoms with Crippen molar-refractivity contribution in [2.45, 2.75) is 126 Å². The van der Waals surface area contributed by atoms with E-state index in [-0.39, 0.29) is 65.5 Å². The van der Waals surface area contributed by atoms with Gasteiger partial charge in [-0.1, -0.05) is 130 Å². The van der Waals surface area contributed by atoms with E-state index in [0.717, 1.165) is 24.0 Å². The van der Waals surface area contributed by atoms with E-state index in [1.807, 2.05) is 44.7 Å². The maximum atomic E-state index is 13.9. The van der Waals surface area contributed by atoms with Gasteiger partial charge in [0.2, 0.25) is 0 Å². The summed E-state index contributed by atoms with van der Waals surface area (Å²) in [7, 11) is 0. The smallest absolute Gasteiger partial charge is 0.335 e. The number of benzene rings is 4. The summed E-state index contributed by atoms with van der Waals surface area (Å²) in [5.74, 6) is -1.47. The number of aliphatic imine (C=N–C) groups is 2. The molecule has 3 amide bonds. The van der Waals surface area contributed by atoms with Crippen molar-refractivity contribution >= 4 is 93.4 Å². The van der Waals surface area contributed by atoms with Gasteiger partial charge in [0.25, 0.3) is 29.6 Å². The number of amides is 3. The molecule has 23 heteroatoms. The number of carboxylic acids is 1. The van der Waals surface area contributed by atoms with Gasteiger partial charge in [0.1, 0.15) is 22.7 Å². The van der Waals surface area contributed by atoms with Crippen LogP contribution in [0.4, 0.5) is 11.9 Å². The number of halogens is 4. The zero-order chi connectivity index (χ0) is 55.2. The highest BCUT2D eigenvalue weighted by atomic mass is 35.5. The molecule has 2 atom stereocenters. The number of aromatic amines is 2. The molecule has 8 rings (SSSR count). The number of nitrogens with zero attached hydrogens (tertiary/aromatic N) is 10. The number of hydrogen-bond donors (Lipinski definition) is 5. The molecule has 0 spiro atoms. The summed E-state index contributed by atoms with van der Waals surface area (Å²) >= 11 is 24.8. The van der Waals surface area contributed by atoms with Crippen molar-refractivity contribution in [2.75, 3.05) is 11.1 Å². The minimum Gasteiger partial charge on any atom is -0.478 e. The lowest BCUT2D eigenvalue weighted by atomic mass is 9.86. The second-order valence-corrected chi connectivity index (χ2v) is 23.1. The Morgan fingerprint density at radius 2 is 1.01 bits per heavy atom. The zero-order valence-electron chi connectivity index (χ0n) is 43.2. The molecule has 4 heterocycles. The molecule has 404 valence electrons. The summed E-state index contributed by atoms with van der Waals surface area (Å²) in [6.45, 7) is 20.6. The molecule has 4 aromatic carbocycles. The average Bonchev–Trinajstić information content (AvgIpc) is 4.11. The number of carboxylic acid groups (broad SMARTS) is 1. The van der Waals surface area contributed by atoms with Crippen LogP contribution in [0.3, 0.4) is 0 Å². The van der Waals surface area contributed by atoms with Crippen molar-refractivity contribution in [3.05, 3.63) is 138 Å². The summed E-state index contributed by atoms with van der Waals surface area (Å²) in [5, 5.41) is 38.8. The van der Waals surface area contributed by atoms with Crippen LogP contribution in [0, 0.1) is 10.8 Å². The molecule has 2 aromatic heterocycles. The third kappa shape index (κ3) is 15.6. The number of H-pyrrole nitrogens is 2. The van der Waals surface area contributed by atoms with E-state index in [9.17, 15) is 24.3 Å². The first-order chi connectivity index (χ1) is 35.0. The summed E-state index contributed by atoms with van der Waals surface area (Å²) in [6.07, 6.45) is 3.17. The topological polar surface area (TPSA) is 267 Å². The van der Waals surface area contributed by atoms with Crippen LogP contribution in [-0.2, 0) is 9.59 Å². The molecule has 0 fully saturated rings. The number of nitrogen functional groups attached to an aromatic ring is 1. The van der Waals surface area contributed by atoms with E-state index in [0.29, 0.717) is 61.0 Å². The van der Waals surface area contributed by atoms with Gasteiger partial charge in [-0.2, -0.15) is 10.4 Å². The number of nitrogens with two attached hydrogens (primary N) is 1. The molecule has 6 N–H and O–H groups in total. The van der Waals surface area contributed by atoms with Gasteiger partial charge in [-0.3, -0.25) is 29.7 Å². The van der Waals surface area contributed by atoms with Gasteiger partial charge in [-0.15, -0.1) is 10.2 Å². The van der Waals surface area contributed by atoms with Crippen LogP contribution in [0.15, 0.2) is 94.9 Å². The first kappa shape index (κ1) is 60.1. The van der Waals surface area contributed by atoms with Crippen LogP contribution in [-0.4, -0.2) is 103 Å². The van der Waals surface area contributed by atoms with Crippen LogP contribution in [0.5, 0.6) is 0 Å². The number of aromatic nitrogens is 8. The Kier molecular flexibility index (Phi) is 19.3. The fourth-order valence-electron chi connectivity index (χ4n) is 8.57. The van der Waals surface area contributed by atoms with E-state index in [4.69, 9.17) is 62.1 Å². The Bertz CT molecular complexity index is 3020. The highest BCUT2D eigenvalue weighted by molar-refractivity contribution is 6.48. The molecular formula is C53H64Cl4N14O5. The third-order valence-corrected chi connectivity index (χ3v) is 12.9. The van der Waals surface area contributed by atoms with E-state index < -0.39 is 17.3 Å². The maximum absolute atomic E-state index is 13.9. The van der Waals surface area contributed by atoms with Gasteiger partial charge in [0.05, 0.1) is 17.6 Å². The number of tetrazole rings is 2. The van der Waals surface area contributed by atoms with E-state index >= 15 is 0 Å². The Morgan fingerprint density at radius 1 is 0.632 bits per heavy atom. The molecule has 6 aromatic rings. The number of rotatable bonds is 13. The third-order valence-electron chi connectivity index (χ3n) is 12.1. The molecule has 0 unspecified atom stereocenters. The summed E-state index contributed by atoms with van der Waals surface area (Å²) in [5.41, 5.74) is 7.71. The first-order valence-electron chi connectivity index (χ1n) is 23.8. The van der Waals surface area contributed by atoms with Gasteiger partial charge >= 0.3 is 5.97 Å². The summed E-state index contributed by atoms with van der Waals surface area (Å²) in [6, 6.07) is 23.4. The van der Waals surface area contributed by atoms with E-state index in [2.05, 4.69) is 88.1 Å². The molecule has 76 heavy (non-hydrogen) atoms. The Balaban J connectivity index is 0.000000251. The standard InChI is InChI=1S/C26H29Cl2N7O2.C25H28Cl2N2O3.CH3N5.CH4/c1-25(2,3)11-10-20(15-6-8-16(9-7-15)22(36)29-24-31-33-34-32-24)35-23(37)21(30-26(35,4)5)17-12-18(27)14-19(28)13-17;1-24(2,3)11-10-20(15-6-8-16(9-7-15)23(31)32)29-22(30)21(28-25(29,4)5)17-12-18(26)14-19(27)13-17;2-1-3-5-6-4-1;/h6-9,12-14,20H,10-11H2,1-5H3,(H2,29,31,32,33,34,36);6-9,12-14,20H,10-11H2,1-5H3,(H,31,32);(H3,2,3,4,5,6);1H4/t2*20-;;/m11../s1. The quantitative estimate of drug-likeness (QED) is 0.0723. The number of nitrogens with one attached hydrogen (secondary N) is 3. The van der Waals surface area contributed by atoms with Crippen LogP contribution in [0.25, 0.3) is 0 Å². The molecule has 19 nitrogen and oxygen atoms in total. The van der Waals surface area contributed by atoms with Crippen molar-refractivity contribution < 1.29 is 24.3 Å². The van der Waals surface area contributed by atoms with Gasteiger partial charge in [-0.05, 0) is 146 Å². The lowest BCUT2D eigenvalue weighted by molar-refractivity contribution is -0.131. The average molecular weight is 1120 g/mol. The van der Waals surface area contributed by atoms with Crippen LogP contribution < -0.4 is 11.1 Å². The molecule has 0 bridgehead atoms. The number of carbonyl (C=O) groups excluding carboxylic acids is 3. The normalized spacial score (nSPS) is 15.6. The van der Waals surface area contributed by atoms with Crippen molar-refractivity contribution in [1.82, 2.24) is 51.0 Å². The van der Waals surface area contributed by atoms with Gasteiger partial charge in [0.15, 0.2) is 0 Å². The van der Waals surface area contributed by atoms with Gasteiger partial charge in [0, 0.05) is 36.8 Å².